The Morgan fingerprint density at radius 3 is 2.32 bits per heavy atom. The van der Waals surface area contributed by atoms with Crippen molar-refractivity contribution >= 4 is 35.0 Å². The van der Waals surface area contributed by atoms with Gasteiger partial charge in [0.15, 0.2) is 0 Å². The molecule has 2 aromatic rings. The smallest absolute Gasteiger partial charge is 0.242 e. The van der Waals surface area contributed by atoms with Crippen LogP contribution in [0.3, 0.4) is 0 Å². The second kappa shape index (κ2) is 26.0. The van der Waals surface area contributed by atoms with Crippen LogP contribution in [0.1, 0.15) is 103 Å². The van der Waals surface area contributed by atoms with Crippen LogP contribution < -0.4 is 16.5 Å². The molecule has 332 valence electrons. The third-order valence-electron chi connectivity index (χ3n) is 12.0. The molecule has 2 heterocycles. The van der Waals surface area contributed by atoms with E-state index in [1.165, 1.54) is 11.3 Å². The molecule has 0 saturated carbocycles. The van der Waals surface area contributed by atoms with Gasteiger partial charge in [-0.1, -0.05) is 84.2 Å². The van der Waals surface area contributed by atoms with Crippen molar-refractivity contribution in [1.82, 2.24) is 30.3 Å². The quantitative estimate of drug-likeness (QED) is 0.0824. The molecule has 0 spiro atoms. The normalized spacial score (nSPS) is 17.9. The summed E-state index contributed by atoms with van der Waals surface area (Å²) in [6.07, 6.45) is 7.32. The molecule has 14 nitrogen and oxygen atoms in total. The van der Waals surface area contributed by atoms with E-state index >= 15 is 0 Å². The summed E-state index contributed by atoms with van der Waals surface area (Å²) in [5.74, 6) is 3.88. The van der Waals surface area contributed by atoms with E-state index in [0.29, 0.717) is 26.0 Å². The van der Waals surface area contributed by atoms with Crippen LogP contribution in [0, 0.1) is 17.8 Å². The van der Waals surface area contributed by atoms with E-state index in [2.05, 4.69) is 25.4 Å². The van der Waals surface area contributed by atoms with Gasteiger partial charge in [-0.2, -0.15) is 0 Å². The number of aromatic nitrogens is 1. The van der Waals surface area contributed by atoms with Crippen LogP contribution in [0.5, 0.6) is 0 Å². The van der Waals surface area contributed by atoms with Gasteiger partial charge in [0.2, 0.25) is 23.6 Å². The second-order valence-corrected chi connectivity index (χ2v) is 17.4. The SMILES string of the molecule is CCC(C)C(C(CC(=O)N1CCCC1C(OC)C(C)C(=O)NC(Cc1ccccc1)c1nccs1)OC)N(C)C(=O)CNC(=O)C(C(C)C)N(C)CCCCCCON. The second-order valence-electron chi connectivity index (χ2n) is 16.4. The largest absolute Gasteiger partial charge is 0.379 e. The lowest BCUT2D eigenvalue weighted by Crippen LogP contribution is -2.55. The van der Waals surface area contributed by atoms with E-state index in [4.69, 9.17) is 15.4 Å². The van der Waals surface area contributed by atoms with Crippen molar-refractivity contribution in [2.24, 2.45) is 23.7 Å². The zero-order valence-electron chi connectivity index (χ0n) is 37.1. The number of carbonyl (C=O) groups is 4. The molecular formula is C44H73N7O7S. The van der Waals surface area contributed by atoms with Gasteiger partial charge in [-0.15, -0.1) is 11.3 Å². The van der Waals surface area contributed by atoms with Gasteiger partial charge in [0.1, 0.15) is 5.01 Å². The predicted octanol–water partition coefficient (Wildman–Crippen LogP) is 4.99. The summed E-state index contributed by atoms with van der Waals surface area (Å²) >= 11 is 1.50. The Morgan fingerprint density at radius 2 is 1.71 bits per heavy atom. The Morgan fingerprint density at radius 1 is 1.00 bits per heavy atom. The first-order valence-electron chi connectivity index (χ1n) is 21.4. The summed E-state index contributed by atoms with van der Waals surface area (Å²) in [7, 11) is 6.84. The molecule has 1 fully saturated rings. The number of rotatable bonds is 27. The number of nitrogens with one attached hydrogen (secondary N) is 2. The maximum atomic E-state index is 14.2. The fourth-order valence-corrected chi connectivity index (χ4v) is 9.22. The third kappa shape index (κ3) is 14.9. The number of hydrogen-bond acceptors (Lipinski definition) is 11. The number of methoxy groups -OCH3 is 2. The summed E-state index contributed by atoms with van der Waals surface area (Å²) in [6.45, 7) is 11.6. The minimum atomic E-state index is -0.604. The molecule has 1 aliphatic rings. The Balaban J connectivity index is 1.67. The molecule has 8 atom stereocenters. The molecule has 0 bridgehead atoms. The number of likely N-dealkylation sites (tertiary alicyclic amines) is 1. The van der Waals surface area contributed by atoms with Gasteiger partial charge in [-0.05, 0) is 63.1 Å². The molecule has 0 radical (unpaired) electrons. The van der Waals surface area contributed by atoms with Crippen molar-refractivity contribution in [3.05, 3.63) is 52.5 Å². The lowest BCUT2D eigenvalue weighted by molar-refractivity contribution is -0.146. The number of unbranched alkanes of at least 4 members (excludes halogenated alkanes) is 3. The summed E-state index contributed by atoms with van der Waals surface area (Å²) in [5.41, 5.74) is 1.09. The number of benzene rings is 1. The molecule has 1 saturated heterocycles. The van der Waals surface area contributed by atoms with E-state index in [1.54, 1.807) is 32.4 Å². The fourth-order valence-electron chi connectivity index (χ4n) is 8.53. The van der Waals surface area contributed by atoms with E-state index in [0.717, 1.165) is 55.6 Å². The first kappa shape index (κ1) is 49.9. The molecule has 59 heavy (non-hydrogen) atoms. The number of ether oxygens (including phenoxy) is 2. The highest BCUT2D eigenvalue weighted by Crippen LogP contribution is 2.30. The van der Waals surface area contributed by atoms with Crippen molar-refractivity contribution < 1.29 is 33.5 Å². The summed E-state index contributed by atoms with van der Waals surface area (Å²) in [4.78, 5) is 70.1. The molecule has 4 amide bonds. The minimum Gasteiger partial charge on any atom is -0.379 e. The Labute approximate surface area is 357 Å². The number of nitrogens with two attached hydrogens (primary N) is 1. The van der Waals surface area contributed by atoms with Crippen LogP contribution in [0.2, 0.25) is 0 Å². The van der Waals surface area contributed by atoms with Crippen LogP contribution >= 0.6 is 11.3 Å². The summed E-state index contributed by atoms with van der Waals surface area (Å²) in [6, 6.07) is 8.57. The highest BCUT2D eigenvalue weighted by atomic mass is 32.1. The topological polar surface area (TPSA) is 169 Å². The molecule has 0 aliphatic carbocycles. The highest BCUT2D eigenvalue weighted by Gasteiger charge is 2.42. The van der Waals surface area contributed by atoms with Gasteiger partial charge in [0, 0.05) is 39.4 Å². The van der Waals surface area contributed by atoms with Crippen molar-refractivity contribution in [1.29, 1.82) is 0 Å². The molecule has 8 unspecified atom stereocenters. The number of nitrogens with zero attached hydrogens (tertiary/aromatic N) is 4. The van der Waals surface area contributed by atoms with Crippen LogP contribution in [-0.4, -0.2) is 128 Å². The number of carbonyl (C=O) groups excluding carboxylic acids is 4. The maximum Gasteiger partial charge on any atom is 0.242 e. The average molecular weight is 844 g/mol. The third-order valence-corrected chi connectivity index (χ3v) is 12.9. The van der Waals surface area contributed by atoms with Crippen LogP contribution in [0.25, 0.3) is 0 Å². The standard InChI is InChI=1S/C44H73N7O7S/c1-10-31(4)40(50(7)38(53)29-47-43(55)39(30(2)3)49(6)23-16-11-12-17-25-58-45)36(56-8)28-37(52)51-24-18-21-35(51)41(57-9)32(5)42(54)48-34(44-46-22-26-59-44)27-33-19-14-13-15-20-33/h13-15,19-20,22,26,30-32,34-36,39-41H,10-12,16-18,21,23-25,27-29,45H2,1-9H3,(H,47,55)(H,48,54). The van der Waals surface area contributed by atoms with Crippen LogP contribution in [-0.2, 0) is 39.9 Å². The van der Waals surface area contributed by atoms with Gasteiger partial charge < -0.3 is 34.7 Å². The van der Waals surface area contributed by atoms with E-state index < -0.39 is 24.2 Å². The van der Waals surface area contributed by atoms with Crippen molar-refractivity contribution in [3.63, 3.8) is 0 Å². The van der Waals surface area contributed by atoms with Gasteiger partial charge in [-0.25, -0.2) is 10.9 Å². The van der Waals surface area contributed by atoms with Gasteiger partial charge in [0.05, 0.1) is 61.9 Å². The lowest BCUT2D eigenvalue weighted by Gasteiger charge is -2.39. The zero-order valence-corrected chi connectivity index (χ0v) is 37.9. The van der Waals surface area contributed by atoms with Crippen molar-refractivity contribution in [2.75, 3.05) is 54.6 Å². The van der Waals surface area contributed by atoms with Crippen LogP contribution in [0.15, 0.2) is 41.9 Å². The zero-order chi connectivity index (χ0) is 43.5. The van der Waals surface area contributed by atoms with Gasteiger partial charge in [-0.3, -0.25) is 24.1 Å². The monoisotopic (exact) mass is 844 g/mol. The number of likely N-dealkylation sites (N-methyl/N-ethyl adjacent to an activating group) is 2. The molecule has 3 rings (SSSR count). The van der Waals surface area contributed by atoms with Crippen LogP contribution in [0.4, 0.5) is 0 Å². The van der Waals surface area contributed by atoms with E-state index in [1.807, 2.05) is 82.3 Å². The summed E-state index contributed by atoms with van der Waals surface area (Å²) in [5, 5.41) is 8.87. The summed E-state index contributed by atoms with van der Waals surface area (Å²) < 4.78 is 12.0. The Hall–Kier alpha value is -3.47. The van der Waals surface area contributed by atoms with Crippen molar-refractivity contribution in [3.8, 4) is 0 Å². The van der Waals surface area contributed by atoms with E-state index in [9.17, 15) is 19.2 Å². The number of amides is 4. The molecule has 4 N–H and O–H groups in total. The lowest BCUT2D eigenvalue weighted by atomic mass is 9.90. The highest BCUT2D eigenvalue weighted by molar-refractivity contribution is 7.09. The first-order valence-corrected chi connectivity index (χ1v) is 22.3. The van der Waals surface area contributed by atoms with Gasteiger partial charge >= 0.3 is 0 Å². The fraction of sp³-hybridized carbons (Fsp3) is 0.705. The molecule has 1 aliphatic heterocycles. The minimum absolute atomic E-state index is 0.00477. The maximum absolute atomic E-state index is 14.2. The molecule has 15 heteroatoms. The average Bonchev–Trinajstić information content (AvgIpc) is 3.95. The Bertz CT molecular complexity index is 1530. The van der Waals surface area contributed by atoms with Crippen molar-refractivity contribution in [2.45, 2.75) is 129 Å². The van der Waals surface area contributed by atoms with Gasteiger partial charge in [0.25, 0.3) is 0 Å². The molecular weight excluding hydrogens is 771 g/mol. The first-order chi connectivity index (χ1) is 28.3. The van der Waals surface area contributed by atoms with E-state index in [-0.39, 0.29) is 66.6 Å². The predicted molar refractivity (Wildman–Crippen MR) is 232 cm³/mol. The number of hydrogen-bond donors (Lipinski definition) is 3. The Kier molecular flexibility index (Phi) is 22.0. The molecule has 1 aromatic carbocycles. The number of thiazole rings is 1. The molecule has 1 aromatic heterocycles.